The fourth-order valence-corrected chi connectivity index (χ4v) is 6.98. The van der Waals surface area contributed by atoms with Crippen molar-refractivity contribution in [2.24, 2.45) is 0 Å². The average Bonchev–Trinajstić information content (AvgIpc) is 3.35. The van der Waals surface area contributed by atoms with E-state index in [-0.39, 0.29) is 15.7 Å². The van der Waals surface area contributed by atoms with E-state index in [1.807, 2.05) is 54.6 Å². The molecule has 8 heteroatoms. The number of amides is 1. The molecule has 33 heavy (non-hydrogen) atoms. The van der Waals surface area contributed by atoms with Crippen molar-refractivity contribution in [2.45, 2.75) is 24.3 Å². The highest BCUT2D eigenvalue weighted by atomic mass is 32.2. The maximum absolute atomic E-state index is 13.4. The zero-order valence-electron chi connectivity index (χ0n) is 17.9. The minimum atomic E-state index is -3.77. The lowest BCUT2D eigenvalue weighted by atomic mass is 10.0. The zero-order valence-corrected chi connectivity index (χ0v) is 19.5. The second kappa shape index (κ2) is 9.05. The van der Waals surface area contributed by atoms with Crippen molar-refractivity contribution >= 4 is 38.2 Å². The molecule has 2 aromatic carbocycles. The summed E-state index contributed by atoms with van der Waals surface area (Å²) < 4.78 is 28.2. The van der Waals surface area contributed by atoms with E-state index in [9.17, 15) is 13.2 Å². The molecule has 0 saturated carbocycles. The maximum Gasteiger partial charge on any atom is 0.262 e. The summed E-state index contributed by atoms with van der Waals surface area (Å²) >= 11 is 1.15. The Labute approximate surface area is 197 Å². The van der Waals surface area contributed by atoms with Crippen molar-refractivity contribution < 1.29 is 13.2 Å². The Morgan fingerprint density at radius 3 is 2.73 bits per heavy atom. The van der Waals surface area contributed by atoms with Crippen molar-refractivity contribution in [3.63, 3.8) is 0 Å². The first-order chi connectivity index (χ1) is 16.0. The molecule has 5 rings (SSSR count). The van der Waals surface area contributed by atoms with Crippen molar-refractivity contribution in [3.8, 4) is 0 Å². The van der Waals surface area contributed by atoms with Crippen LogP contribution in [0.25, 0.3) is 10.9 Å². The van der Waals surface area contributed by atoms with E-state index in [0.29, 0.717) is 32.5 Å². The third-order valence-corrected chi connectivity index (χ3v) is 8.87. The molecule has 1 N–H and O–H groups in total. The van der Waals surface area contributed by atoms with Gasteiger partial charge in [0.15, 0.2) is 0 Å². The molecule has 4 aromatic rings. The van der Waals surface area contributed by atoms with Gasteiger partial charge >= 0.3 is 0 Å². The van der Waals surface area contributed by atoms with Crippen molar-refractivity contribution in [3.05, 3.63) is 93.8 Å². The number of sulfonamides is 1. The number of pyridine rings is 1. The van der Waals surface area contributed by atoms with Crippen LogP contribution in [-0.2, 0) is 29.4 Å². The first-order valence-corrected chi connectivity index (χ1v) is 13.1. The van der Waals surface area contributed by atoms with Crippen LogP contribution in [0.5, 0.6) is 0 Å². The lowest BCUT2D eigenvalue weighted by Crippen LogP contribution is -2.37. The fraction of sp³-hybridized carbons (Fsp3) is 0.200. The average molecular weight is 478 g/mol. The predicted molar refractivity (Wildman–Crippen MR) is 130 cm³/mol. The first kappa shape index (κ1) is 21.8. The summed E-state index contributed by atoms with van der Waals surface area (Å²) in [7, 11) is -3.77. The van der Waals surface area contributed by atoms with Gasteiger partial charge in [-0.3, -0.25) is 9.78 Å². The number of aromatic nitrogens is 1. The third kappa shape index (κ3) is 4.29. The highest BCUT2D eigenvalue weighted by molar-refractivity contribution is 7.89. The highest BCUT2D eigenvalue weighted by Gasteiger charge is 2.32. The standard InChI is InChI=1S/C25H23N3O3S2/c29-25(27-14-10-20-8-3-7-19-9-4-13-26-23(19)20)24-22(12-16-32-24)33(30,31)28-15-11-18-5-1-2-6-21(18)17-28/h1-9,12-13,16H,10-11,14-15,17H2,(H,27,29). The largest absolute Gasteiger partial charge is 0.351 e. The summed E-state index contributed by atoms with van der Waals surface area (Å²) in [5.74, 6) is -0.366. The Kier molecular flexibility index (Phi) is 5.97. The van der Waals surface area contributed by atoms with E-state index in [1.165, 1.54) is 15.9 Å². The maximum atomic E-state index is 13.4. The Morgan fingerprint density at radius 2 is 1.85 bits per heavy atom. The smallest absolute Gasteiger partial charge is 0.262 e. The number of rotatable bonds is 6. The van der Waals surface area contributed by atoms with Crippen LogP contribution in [0.2, 0.25) is 0 Å². The molecule has 0 fully saturated rings. The number of carbonyl (C=O) groups excluding carboxylic acids is 1. The molecule has 0 unspecified atom stereocenters. The van der Waals surface area contributed by atoms with Crippen LogP contribution in [0, 0.1) is 0 Å². The summed E-state index contributed by atoms with van der Waals surface area (Å²) in [6.07, 6.45) is 3.03. The number of fused-ring (bicyclic) bond motifs is 2. The second-order valence-corrected chi connectivity index (χ2v) is 10.8. The number of hydrogen-bond donors (Lipinski definition) is 1. The molecule has 168 valence electrons. The summed E-state index contributed by atoms with van der Waals surface area (Å²) in [6, 6.07) is 19.3. The highest BCUT2D eigenvalue weighted by Crippen LogP contribution is 2.29. The Morgan fingerprint density at radius 1 is 1.03 bits per heavy atom. The number of carbonyl (C=O) groups is 1. The molecule has 6 nitrogen and oxygen atoms in total. The minimum absolute atomic E-state index is 0.0798. The Bertz CT molecular complexity index is 1420. The minimum Gasteiger partial charge on any atom is -0.351 e. The van der Waals surface area contributed by atoms with E-state index in [1.54, 1.807) is 11.6 Å². The van der Waals surface area contributed by atoms with Crippen LogP contribution in [0.15, 0.2) is 77.1 Å². The van der Waals surface area contributed by atoms with E-state index in [4.69, 9.17) is 0 Å². The Balaban J connectivity index is 1.29. The molecule has 0 radical (unpaired) electrons. The normalized spacial score (nSPS) is 14.2. The number of benzene rings is 2. The van der Waals surface area contributed by atoms with Crippen LogP contribution in [0.4, 0.5) is 0 Å². The third-order valence-electron chi connectivity index (χ3n) is 5.94. The van der Waals surface area contributed by atoms with Gasteiger partial charge in [-0.05, 0) is 47.0 Å². The van der Waals surface area contributed by atoms with Gasteiger partial charge in [0, 0.05) is 31.2 Å². The van der Waals surface area contributed by atoms with Gasteiger partial charge in [0.25, 0.3) is 5.91 Å². The predicted octanol–water partition coefficient (Wildman–Crippen LogP) is 4.02. The van der Waals surface area contributed by atoms with Crippen molar-refractivity contribution in [1.29, 1.82) is 0 Å². The first-order valence-electron chi connectivity index (χ1n) is 10.8. The van der Waals surface area contributed by atoms with Crippen LogP contribution in [0.3, 0.4) is 0 Å². The lowest BCUT2D eigenvalue weighted by molar-refractivity contribution is 0.0955. The fourth-order valence-electron chi connectivity index (χ4n) is 4.24. The number of para-hydroxylation sites is 1. The van der Waals surface area contributed by atoms with E-state index in [2.05, 4.69) is 10.3 Å². The summed E-state index contributed by atoms with van der Waals surface area (Å²) in [5, 5.41) is 5.60. The summed E-state index contributed by atoms with van der Waals surface area (Å²) in [4.78, 5) is 17.7. The van der Waals surface area contributed by atoms with Gasteiger partial charge in [-0.1, -0.05) is 48.5 Å². The number of thiophene rings is 1. The van der Waals surface area contributed by atoms with Gasteiger partial charge in [0.05, 0.1) is 5.52 Å². The van der Waals surface area contributed by atoms with Crippen LogP contribution in [0.1, 0.15) is 26.4 Å². The van der Waals surface area contributed by atoms with Crippen LogP contribution in [-0.4, -0.2) is 36.7 Å². The van der Waals surface area contributed by atoms with Gasteiger partial charge in [-0.25, -0.2) is 8.42 Å². The van der Waals surface area contributed by atoms with Gasteiger partial charge in [-0.2, -0.15) is 4.31 Å². The molecule has 0 bridgehead atoms. The van der Waals surface area contributed by atoms with Crippen LogP contribution < -0.4 is 5.32 Å². The molecule has 0 spiro atoms. The monoisotopic (exact) mass is 477 g/mol. The molecule has 0 atom stereocenters. The SMILES string of the molecule is O=C(NCCc1cccc2cccnc12)c1sccc1S(=O)(=O)N1CCc2ccccc2C1. The number of hydrogen-bond acceptors (Lipinski definition) is 5. The molecular formula is C25H23N3O3S2. The van der Waals surface area contributed by atoms with Gasteiger partial charge in [0.1, 0.15) is 9.77 Å². The Hall–Kier alpha value is -3.07. The molecule has 1 aliphatic heterocycles. The summed E-state index contributed by atoms with van der Waals surface area (Å²) in [6.45, 7) is 1.12. The van der Waals surface area contributed by atoms with Gasteiger partial charge in [0.2, 0.25) is 10.0 Å². The quantitative estimate of drug-likeness (QED) is 0.455. The molecule has 1 amide bonds. The molecule has 0 aliphatic carbocycles. The van der Waals surface area contributed by atoms with Crippen molar-refractivity contribution in [1.82, 2.24) is 14.6 Å². The molecule has 1 aliphatic rings. The van der Waals surface area contributed by atoms with Crippen molar-refractivity contribution in [2.75, 3.05) is 13.1 Å². The van der Waals surface area contributed by atoms with E-state index < -0.39 is 10.0 Å². The molecule has 2 aromatic heterocycles. The molecular weight excluding hydrogens is 454 g/mol. The van der Waals surface area contributed by atoms with E-state index >= 15 is 0 Å². The van der Waals surface area contributed by atoms with Gasteiger partial charge < -0.3 is 5.32 Å². The molecule has 0 saturated heterocycles. The molecule has 3 heterocycles. The van der Waals surface area contributed by atoms with E-state index in [0.717, 1.165) is 33.4 Å². The van der Waals surface area contributed by atoms with Crippen LogP contribution >= 0.6 is 11.3 Å². The topological polar surface area (TPSA) is 79.4 Å². The summed E-state index contributed by atoms with van der Waals surface area (Å²) in [5.41, 5.74) is 4.14. The second-order valence-electron chi connectivity index (χ2n) is 7.97. The van der Waals surface area contributed by atoms with Gasteiger partial charge in [-0.15, -0.1) is 11.3 Å². The lowest BCUT2D eigenvalue weighted by Gasteiger charge is -2.28. The zero-order chi connectivity index (χ0) is 22.8. The number of nitrogens with zero attached hydrogens (tertiary/aromatic N) is 2. The number of nitrogens with one attached hydrogen (secondary N) is 1.